The van der Waals surface area contributed by atoms with E-state index in [2.05, 4.69) is 22.4 Å². The molecule has 8 nitrogen and oxygen atoms in total. The van der Waals surface area contributed by atoms with Gasteiger partial charge in [0.1, 0.15) is 5.76 Å². The van der Waals surface area contributed by atoms with E-state index in [4.69, 9.17) is 4.52 Å². The van der Waals surface area contributed by atoms with Gasteiger partial charge in [0.2, 0.25) is 11.7 Å². The fourth-order valence-corrected chi connectivity index (χ4v) is 2.21. The largest absolute Gasteiger partial charge is 0.493 e. The van der Waals surface area contributed by atoms with Crippen molar-refractivity contribution in [3.05, 3.63) is 34.8 Å². The minimum absolute atomic E-state index is 0.199. The Morgan fingerprint density at radius 3 is 2.74 bits per heavy atom. The molecular weight excluding hydrogens is 298 g/mol. The molecule has 0 aliphatic heterocycles. The molecule has 0 radical (unpaired) electrons. The number of hydrogen-bond donors (Lipinski definition) is 2. The van der Waals surface area contributed by atoms with Gasteiger partial charge in [-0.1, -0.05) is 18.5 Å². The van der Waals surface area contributed by atoms with Gasteiger partial charge in [-0.25, -0.2) is 0 Å². The second-order valence-corrected chi connectivity index (χ2v) is 5.22. The van der Waals surface area contributed by atoms with Crippen molar-refractivity contribution in [3.63, 3.8) is 0 Å². The monoisotopic (exact) mass is 319 g/mol. The fraction of sp³-hybridized carbons (Fsp3) is 0.400. The number of nitrogens with two attached hydrogens (primary N) is 1. The number of aromatic hydroxyl groups is 1. The second kappa shape index (κ2) is 7.19. The highest BCUT2D eigenvalue weighted by Crippen LogP contribution is 2.32. The van der Waals surface area contributed by atoms with Crippen molar-refractivity contribution in [1.82, 2.24) is 9.72 Å². The molecule has 0 saturated heterocycles. The van der Waals surface area contributed by atoms with Crippen molar-refractivity contribution < 1.29 is 14.9 Å². The van der Waals surface area contributed by atoms with Crippen LogP contribution >= 0.6 is 0 Å². The summed E-state index contributed by atoms with van der Waals surface area (Å²) in [7, 11) is 3.67. The Balaban J connectivity index is 2.53. The number of pyridine rings is 1. The summed E-state index contributed by atoms with van der Waals surface area (Å²) in [6, 6.07) is 1.62. The standard InChI is InChI=1S/C15H21N5O3/c1-5-6-7-20-14(21)12(16-4)10(3)13(15(20)22)18-17-11-8-9(2)23-19-11/h8,22H,4-7,16H2,1-3H3/b18-17+. The van der Waals surface area contributed by atoms with Gasteiger partial charge in [-0.05, 0) is 20.3 Å². The Labute approximate surface area is 133 Å². The van der Waals surface area contributed by atoms with Crippen LogP contribution in [0, 0.1) is 20.9 Å². The van der Waals surface area contributed by atoms with E-state index in [0.29, 0.717) is 29.4 Å². The van der Waals surface area contributed by atoms with Crippen LogP contribution in [-0.4, -0.2) is 14.8 Å². The van der Waals surface area contributed by atoms with Gasteiger partial charge in [-0.15, -0.1) is 17.3 Å². The molecule has 2 heterocycles. The van der Waals surface area contributed by atoms with Crippen molar-refractivity contribution in [2.45, 2.75) is 40.2 Å². The number of aryl methyl sites for hydroxylation is 1. The summed E-state index contributed by atoms with van der Waals surface area (Å²) in [5.74, 6) is 0.711. The van der Waals surface area contributed by atoms with Crippen LogP contribution in [-0.2, 0) is 6.54 Å². The van der Waals surface area contributed by atoms with Gasteiger partial charge in [-0.3, -0.25) is 9.36 Å². The van der Waals surface area contributed by atoms with E-state index >= 15 is 0 Å². The molecule has 2 aromatic rings. The summed E-state index contributed by atoms with van der Waals surface area (Å²) in [6.45, 7) is 5.87. The number of nitrogens with zero attached hydrogens (tertiary/aromatic N) is 4. The van der Waals surface area contributed by atoms with Crippen LogP contribution in [0.25, 0.3) is 0 Å². The van der Waals surface area contributed by atoms with E-state index in [1.807, 2.05) is 6.92 Å². The third-order valence-electron chi connectivity index (χ3n) is 3.51. The third-order valence-corrected chi connectivity index (χ3v) is 3.51. The zero-order chi connectivity index (χ0) is 17.0. The van der Waals surface area contributed by atoms with Crippen LogP contribution in [0.4, 0.5) is 17.2 Å². The molecule has 0 spiro atoms. The fourth-order valence-electron chi connectivity index (χ4n) is 2.21. The van der Waals surface area contributed by atoms with Crippen LogP contribution in [0.2, 0.25) is 0 Å². The molecule has 0 bridgehead atoms. The van der Waals surface area contributed by atoms with Gasteiger partial charge in [-0.2, -0.15) is 0 Å². The Morgan fingerprint density at radius 2 is 2.17 bits per heavy atom. The lowest BCUT2D eigenvalue weighted by molar-refractivity contribution is -0.506. The normalized spacial score (nSPS) is 11.5. The van der Waals surface area contributed by atoms with E-state index in [9.17, 15) is 9.90 Å². The first-order valence-electron chi connectivity index (χ1n) is 7.43. The molecule has 0 aromatic carbocycles. The van der Waals surface area contributed by atoms with E-state index in [0.717, 1.165) is 12.8 Å². The van der Waals surface area contributed by atoms with Crippen LogP contribution in [0.1, 0.15) is 31.1 Å². The molecule has 0 aliphatic carbocycles. The van der Waals surface area contributed by atoms with E-state index in [1.54, 1.807) is 19.9 Å². The van der Waals surface area contributed by atoms with Gasteiger partial charge in [0, 0.05) is 18.2 Å². The van der Waals surface area contributed by atoms with Crippen molar-refractivity contribution in [1.29, 1.82) is 0 Å². The summed E-state index contributed by atoms with van der Waals surface area (Å²) in [5.41, 5.74) is 0.888. The van der Waals surface area contributed by atoms with Gasteiger partial charge >= 0.3 is 5.56 Å². The Morgan fingerprint density at radius 1 is 1.43 bits per heavy atom. The minimum Gasteiger partial charge on any atom is -0.493 e. The molecule has 0 unspecified atom stereocenters. The van der Waals surface area contributed by atoms with Crippen molar-refractivity contribution in [2.75, 3.05) is 0 Å². The zero-order valence-corrected chi connectivity index (χ0v) is 13.5. The number of azo groups is 1. The highest BCUT2D eigenvalue weighted by molar-refractivity contribution is 5.60. The molecular formula is C15H21N5O3. The summed E-state index contributed by atoms with van der Waals surface area (Å²) >= 11 is 0. The molecule has 8 heteroatoms. The molecule has 3 N–H and O–H groups in total. The number of quaternary nitrogens is 1. The van der Waals surface area contributed by atoms with Gasteiger partial charge in [0.15, 0.2) is 11.4 Å². The third kappa shape index (κ3) is 3.48. The van der Waals surface area contributed by atoms with Crippen LogP contribution < -0.4 is 10.9 Å². The highest BCUT2D eigenvalue weighted by atomic mass is 16.5. The Bertz CT molecular complexity index is 776. The number of aromatic nitrogens is 2. The first-order valence-corrected chi connectivity index (χ1v) is 7.43. The number of rotatable bonds is 6. The number of hydrogen-bond acceptors (Lipinski definition) is 6. The summed E-state index contributed by atoms with van der Waals surface area (Å²) in [4.78, 5) is 12.4. The van der Waals surface area contributed by atoms with Crippen molar-refractivity contribution in [2.24, 2.45) is 10.2 Å². The van der Waals surface area contributed by atoms with Gasteiger partial charge < -0.3 is 14.9 Å². The summed E-state index contributed by atoms with van der Waals surface area (Å²) in [6.07, 6.45) is 1.67. The molecule has 0 fully saturated rings. The van der Waals surface area contributed by atoms with E-state index in [-0.39, 0.29) is 17.1 Å². The first kappa shape index (κ1) is 16.9. The first-order chi connectivity index (χ1) is 11.0. The predicted octanol–water partition coefficient (Wildman–Crippen LogP) is 2.36. The molecule has 0 aliphatic rings. The second-order valence-electron chi connectivity index (χ2n) is 5.22. The van der Waals surface area contributed by atoms with Gasteiger partial charge in [0.25, 0.3) is 0 Å². The Hall–Kier alpha value is -2.48. The van der Waals surface area contributed by atoms with Crippen LogP contribution in [0.3, 0.4) is 0 Å². The smallest absolute Gasteiger partial charge is 0.312 e. The maximum Gasteiger partial charge on any atom is 0.312 e. The lowest BCUT2D eigenvalue weighted by atomic mass is 10.2. The number of unbranched alkanes of at least 4 members (excludes halogenated alkanes) is 1. The quantitative estimate of drug-likeness (QED) is 0.629. The van der Waals surface area contributed by atoms with E-state index < -0.39 is 0 Å². The summed E-state index contributed by atoms with van der Waals surface area (Å²) < 4.78 is 6.22. The lowest BCUT2D eigenvalue weighted by Crippen LogP contribution is -2.73. The summed E-state index contributed by atoms with van der Waals surface area (Å²) in [5, 5.41) is 23.6. The maximum absolute atomic E-state index is 12.4. The molecule has 2 aromatic heterocycles. The van der Waals surface area contributed by atoms with E-state index in [1.165, 1.54) is 9.88 Å². The van der Waals surface area contributed by atoms with Crippen LogP contribution in [0.5, 0.6) is 5.88 Å². The Kier molecular flexibility index (Phi) is 5.28. The van der Waals surface area contributed by atoms with Crippen molar-refractivity contribution in [3.8, 4) is 5.88 Å². The molecule has 23 heavy (non-hydrogen) atoms. The molecule has 124 valence electrons. The molecule has 2 rings (SSSR count). The average Bonchev–Trinajstić information content (AvgIpc) is 2.93. The SMILES string of the molecule is [CH2-][NH2+]c1c(C)c(/N=N/c2cc(C)on2)c(O)n(CCCC)c1=O. The zero-order valence-electron chi connectivity index (χ0n) is 13.5. The van der Waals surface area contributed by atoms with Crippen molar-refractivity contribution >= 4 is 17.2 Å². The van der Waals surface area contributed by atoms with Crippen LogP contribution in [0.15, 0.2) is 25.6 Å². The molecule has 0 saturated carbocycles. The topological polar surface area (TPSA) is 110 Å². The highest BCUT2D eigenvalue weighted by Gasteiger charge is 2.20. The lowest BCUT2D eigenvalue weighted by Gasteiger charge is -2.14. The maximum atomic E-state index is 12.4. The minimum atomic E-state index is -0.278. The molecule has 0 amide bonds. The van der Waals surface area contributed by atoms with Gasteiger partial charge in [0.05, 0.1) is 0 Å². The predicted molar refractivity (Wildman–Crippen MR) is 84.4 cm³/mol. The average molecular weight is 319 g/mol. The molecule has 0 atom stereocenters.